The van der Waals surface area contributed by atoms with Crippen LogP contribution in [-0.4, -0.2) is 29.7 Å². The van der Waals surface area contributed by atoms with Gasteiger partial charge in [-0.15, -0.1) is 0 Å². The van der Waals surface area contributed by atoms with Crippen LogP contribution in [0.2, 0.25) is 0 Å². The van der Waals surface area contributed by atoms with Gasteiger partial charge < -0.3 is 10.1 Å². The van der Waals surface area contributed by atoms with E-state index in [-0.39, 0.29) is 0 Å². The Morgan fingerprint density at radius 3 is 2.77 bits per heavy atom. The minimum Gasteiger partial charge on any atom is -0.380 e. The summed E-state index contributed by atoms with van der Waals surface area (Å²) in [5.74, 6) is 0.628. The summed E-state index contributed by atoms with van der Waals surface area (Å²) < 4.78 is 6.03. The van der Waals surface area contributed by atoms with Gasteiger partial charge in [0.2, 0.25) is 5.95 Å². The van der Waals surface area contributed by atoms with Crippen molar-refractivity contribution in [1.29, 1.82) is 0 Å². The summed E-state index contributed by atoms with van der Waals surface area (Å²) in [6, 6.07) is 0. The van der Waals surface area contributed by atoms with Gasteiger partial charge in [-0.05, 0) is 22.9 Å². The first-order valence-corrected chi connectivity index (χ1v) is 4.91. The molecular formula is C8H12BrN3O. The Bertz CT molecular complexity index is 240. The molecule has 0 saturated heterocycles. The maximum Gasteiger partial charge on any atom is 0.222 e. The van der Waals surface area contributed by atoms with Crippen LogP contribution in [0.15, 0.2) is 16.9 Å². The van der Waals surface area contributed by atoms with Gasteiger partial charge in [-0.1, -0.05) is 0 Å². The maximum atomic E-state index is 5.15. The fourth-order valence-electron chi connectivity index (χ4n) is 0.783. The molecule has 0 bridgehead atoms. The standard InChI is InChI=1S/C8H12BrN3O/c1-2-13-4-3-10-8-11-5-7(9)6-12-8/h5-6H,2-4H2,1H3,(H,10,11,12). The predicted molar refractivity (Wildman–Crippen MR) is 54.7 cm³/mol. The molecule has 0 aliphatic rings. The topological polar surface area (TPSA) is 47.0 Å². The monoisotopic (exact) mass is 245 g/mol. The van der Waals surface area contributed by atoms with Crippen LogP contribution in [0.3, 0.4) is 0 Å². The Hall–Kier alpha value is -0.680. The number of hydrogen-bond acceptors (Lipinski definition) is 4. The van der Waals surface area contributed by atoms with Crippen molar-refractivity contribution in [2.24, 2.45) is 0 Å². The molecule has 5 heteroatoms. The number of hydrogen-bond donors (Lipinski definition) is 1. The lowest BCUT2D eigenvalue weighted by atomic mass is 10.6. The fourth-order valence-corrected chi connectivity index (χ4v) is 0.988. The first kappa shape index (κ1) is 10.4. The van der Waals surface area contributed by atoms with Gasteiger partial charge in [-0.2, -0.15) is 0 Å². The second-order valence-electron chi connectivity index (χ2n) is 2.35. The highest BCUT2D eigenvalue weighted by molar-refractivity contribution is 9.10. The largest absolute Gasteiger partial charge is 0.380 e. The summed E-state index contributed by atoms with van der Waals surface area (Å²) in [6.07, 6.45) is 3.41. The van der Waals surface area contributed by atoms with Crippen LogP contribution in [0.25, 0.3) is 0 Å². The summed E-state index contributed by atoms with van der Waals surface area (Å²) >= 11 is 3.26. The molecule has 1 aromatic rings. The molecule has 1 aromatic heterocycles. The number of halogens is 1. The van der Waals surface area contributed by atoms with Crippen LogP contribution in [-0.2, 0) is 4.74 Å². The first-order valence-electron chi connectivity index (χ1n) is 4.12. The molecule has 0 spiro atoms. The molecule has 4 nitrogen and oxygen atoms in total. The summed E-state index contributed by atoms with van der Waals surface area (Å²) in [5, 5.41) is 3.04. The Kier molecular flexibility index (Phi) is 4.70. The van der Waals surface area contributed by atoms with Crippen LogP contribution >= 0.6 is 15.9 Å². The van der Waals surface area contributed by atoms with E-state index < -0.39 is 0 Å². The zero-order chi connectivity index (χ0) is 9.52. The molecule has 0 atom stereocenters. The first-order chi connectivity index (χ1) is 6.33. The molecule has 1 heterocycles. The minimum atomic E-state index is 0.628. The predicted octanol–water partition coefficient (Wildman–Crippen LogP) is 1.69. The summed E-state index contributed by atoms with van der Waals surface area (Å²) in [7, 11) is 0. The number of nitrogens with zero attached hydrogens (tertiary/aromatic N) is 2. The number of rotatable bonds is 5. The normalized spacial score (nSPS) is 10.0. The van der Waals surface area contributed by atoms with Gasteiger partial charge in [0, 0.05) is 25.5 Å². The van der Waals surface area contributed by atoms with E-state index in [4.69, 9.17) is 4.74 Å². The van der Waals surface area contributed by atoms with Crippen molar-refractivity contribution in [3.63, 3.8) is 0 Å². The van der Waals surface area contributed by atoms with Crippen molar-refractivity contribution >= 4 is 21.9 Å². The van der Waals surface area contributed by atoms with Crippen LogP contribution in [0.4, 0.5) is 5.95 Å². The third kappa shape index (κ3) is 4.19. The van der Waals surface area contributed by atoms with Gasteiger partial charge in [-0.25, -0.2) is 9.97 Å². The number of aromatic nitrogens is 2. The van der Waals surface area contributed by atoms with Crippen LogP contribution in [0, 0.1) is 0 Å². The van der Waals surface area contributed by atoms with E-state index in [1.165, 1.54) is 0 Å². The second kappa shape index (κ2) is 5.88. The lowest BCUT2D eigenvalue weighted by molar-refractivity contribution is 0.158. The molecule has 0 aliphatic heterocycles. The Morgan fingerprint density at radius 1 is 1.46 bits per heavy atom. The highest BCUT2D eigenvalue weighted by Gasteiger charge is 1.93. The van der Waals surface area contributed by atoms with Crippen LogP contribution in [0.1, 0.15) is 6.92 Å². The average molecular weight is 246 g/mol. The number of nitrogens with one attached hydrogen (secondary N) is 1. The van der Waals surface area contributed by atoms with Gasteiger partial charge in [0.25, 0.3) is 0 Å². The molecule has 0 fully saturated rings. The van der Waals surface area contributed by atoms with E-state index in [9.17, 15) is 0 Å². The van der Waals surface area contributed by atoms with Crippen molar-refractivity contribution in [3.8, 4) is 0 Å². The van der Waals surface area contributed by atoms with Crippen molar-refractivity contribution in [1.82, 2.24) is 9.97 Å². The van der Waals surface area contributed by atoms with E-state index in [1.807, 2.05) is 6.92 Å². The average Bonchev–Trinajstić information content (AvgIpc) is 2.15. The lowest BCUT2D eigenvalue weighted by Gasteiger charge is -2.03. The van der Waals surface area contributed by atoms with E-state index in [1.54, 1.807) is 12.4 Å². The molecular weight excluding hydrogens is 234 g/mol. The molecule has 0 radical (unpaired) electrons. The summed E-state index contributed by atoms with van der Waals surface area (Å²) in [4.78, 5) is 8.10. The Morgan fingerprint density at radius 2 is 2.15 bits per heavy atom. The van der Waals surface area contributed by atoms with Gasteiger partial charge >= 0.3 is 0 Å². The van der Waals surface area contributed by atoms with Crippen LogP contribution < -0.4 is 5.32 Å². The molecule has 1 rings (SSSR count). The van der Waals surface area contributed by atoms with Gasteiger partial charge in [0.15, 0.2) is 0 Å². The lowest BCUT2D eigenvalue weighted by Crippen LogP contribution is -2.11. The van der Waals surface area contributed by atoms with Crippen LogP contribution in [0.5, 0.6) is 0 Å². The van der Waals surface area contributed by atoms with Crippen molar-refractivity contribution in [2.75, 3.05) is 25.1 Å². The van der Waals surface area contributed by atoms with Gasteiger partial charge in [-0.3, -0.25) is 0 Å². The Labute approximate surface area is 85.9 Å². The molecule has 0 saturated carbocycles. The van der Waals surface area contributed by atoms with Crippen molar-refractivity contribution in [2.45, 2.75) is 6.92 Å². The van der Waals surface area contributed by atoms with Crippen molar-refractivity contribution in [3.05, 3.63) is 16.9 Å². The smallest absolute Gasteiger partial charge is 0.222 e. The third-order valence-electron chi connectivity index (χ3n) is 1.35. The van der Waals surface area contributed by atoms with E-state index >= 15 is 0 Å². The fraction of sp³-hybridized carbons (Fsp3) is 0.500. The Balaban J connectivity index is 2.25. The third-order valence-corrected chi connectivity index (χ3v) is 1.76. The van der Waals surface area contributed by atoms with E-state index in [2.05, 4.69) is 31.2 Å². The summed E-state index contributed by atoms with van der Waals surface area (Å²) in [5.41, 5.74) is 0. The van der Waals surface area contributed by atoms with Crippen molar-refractivity contribution < 1.29 is 4.74 Å². The molecule has 72 valence electrons. The second-order valence-corrected chi connectivity index (χ2v) is 3.26. The molecule has 0 aromatic carbocycles. The molecule has 0 unspecified atom stereocenters. The van der Waals surface area contributed by atoms with Gasteiger partial charge in [0.05, 0.1) is 11.1 Å². The van der Waals surface area contributed by atoms with Gasteiger partial charge in [0.1, 0.15) is 0 Å². The SMILES string of the molecule is CCOCCNc1ncc(Br)cn1. The highest BCUT2D eigenvalue weighted by atomic mass is 79.9. The molecule has 13 heavy (non-hydrogen) atoms. The minimum absolute atomic E-state index is 0.628. The quantitative estimate of drug-likeness (QED) is 0.803. The number of anilines is 1. The molecule has 0 aliphatic carbocycles. The zero-order valence-electron chi connectivity index (χ0n) is 7.46. The molecule has 0 amide bonds. The van der Waals surface area contributed by atoms with E-state index in [0.29, 0.717) is 12.6 Å². The highest BCUT2D eigenvalue weighted by Crippen LogP contribution is 2.06. The summed E-state index contributed by atoms with van der Waals surface area (Å²) in [6.45, 7) is 4.12. The number of ether oxygens (including phenoxy) is 1. The maximum absolute atomic E-state index is 5.15. The molecule has 1 N–H and O–H groups in total. The van der Waals surface area contributed by atoms with E-state index in [0.717, 1.165) is 17.6 Å². The zero-order valence-corrected chi connectivity index (χ0v) is 9.04.